The third-order valence-corrected chi connectivity index (χ3v) is 5.12. The maximum absolute atomic E-state index is 13.0. The molecule has 0 atom stereocenters. The summed E-state index contributed by atoms with van der Waals surface area (Å²) in [5, 5.41) is 7.54. The Hall–Kier alpha value is -4.32. The third-order valence-electron chi connectivity index (χ3n) is 5.12. The summed E-state index contributed by atoms with van der Waals surface area (Å²) in [6.45, 7) is 0.160. The molecular weight excluding hydrogens is 416 g/mol. The number of rotatable bonds is 8. The number of hydrogen-bond acceptors (Lipinski definition) is 4. The molecule has 33 heavy (non-hydrogen) atoms. The second-order valence-electron chi connectivity index (χ2n) is 7.43. The van der Waals surface area contributed by atoms with E-state index in [1.807, 2.05) is 54.6 Å². The molecule has 0 bridgehead atoms. The second kappa shape index (κ2) is 10.3. The fraction of sp³-hybridized carbons (Fsp3) is 0.111. The number of carbonyl (C=O) groups excluding carboxylic acids is 2. The Bertz CT molecular complexity index is 1250. The monoisotopic (exact) mass is 440 g/mol. The van der Waals surface area contributed by atoms with Crippen LogP contribution in [0, 0.1) is 0 Å². The van der Waals surface area contributed by atoms with Crippen LogP contribution >= 0.6 is 0 Å². The Kier molecular flexibility index (Phi) is 6.85. The van der Waals surface area contributed by atoms with Gasteiger partial charge < -0.3 is 20.1 Å². The summed E-state index contributed by atoms with van der Waals surface area (Å²) in [4.78, 5) is 25.4. The van der Waals surface area contributed by atoms with Crippen molar-refractivity contribution in [3.8, 4) is 11.5 Å². The van der Waals surface area contributed by atoms with Gasteiger partial charge in [-0.25, -0.2) is 0 Å². The molecular formula is C27H24N2O4. The van der Waals surface area contributed by atoms with Crippen molar-refractivity contribution in [3.05, 3.63) is 102 Å². The van der Waals surface area contributed by atoms with E-state index in [9.17, 15) is 9.59 Å². The first kappa shape index (κ1) is 21.9. The zero-order valence-electron chi connectivity index (χ0n) is 18.2. The van der Waals surface area contributed by atoms with Gasteiger partial charge in [0.05, 0.1) is 12.7 Å². The zero-order valence-corrected chi connectivity index (χ0v) is 18.2. The Labute approximate surface area is 192 Å². The van der Waals surface area contributed by atoms with E-state index in [1.54, 1.807) is 43.5 Å². The lowest BCUT2D eigenvalue weighted by atomic mass is 10.1. The molecule has 6 heteroatoms. The van der Waals surface area contributed by atoms with E-state index in [2.05, 4.69) is 10.6 Å². The lowest BCUT2D eigenvalue weighted by molar-refractivity contribution is -0.118. The Balaban J connectivity index is 1.48. The van der Waals surface area contributed by atoms with E-state index >= 15 is 0 Å². The van der Waals surface area contributed by atoms with Gasteiger partial charge in [0.2, 0.25) is 0 Å². The van der Waals surface area contributed by atoms with Crippen LogP contribution in [-0.2, 0) is 11.3 Å². The van der Waals surface area contributed by atoms with Crippen LogP contribution in [0.2, 0.25) is 0 Å². The molecule has 0 aromatic heterocycles. The van der Waals surface area contributed by atoms with Crippen LogP contribution in [0.3, 0.4) is 0 Å². The van der Waals surface area contributed by atoms with Crippen molar-refractivity contribution in [3.63, 3.8) is 0 Å². The summed E-state index contributed by atoms with van der Waals surface area (Å²) in [6.07, 6.45) is 0. The molecule has 6 nitrogen and oxygen atoms in total. The third kappa shape index (κ3) is 5.68. The average Bonchev–Trinajstić information content (AvgIpc) is 2.86. The van der Waals surface area contributed by atoms with Gasteiger partial charge in [-0.1, -0.05) is 54.6 Å². The maximum atomic E-state index is 13.0. The molecule has 0 aliphatic heterocycles. The smallest absolute Gasteiger partial charge is 0.262 e. The summed E-state index contributed by atoms with van der Waals surface area (Å²) in [7, 11) is 1.58. The number of amides is 2. The summed E-state index contributed by atoms with van der Waals surface area (Å²) < 4.78 is 10.9. The highest BCUT2D eigenvalue weighted by Gasteiger charge is 2.16. The second-order valence-corrected chi connectivity index (χ2v) is 7.43. The fourth-order valence-corrected chi connectivity index (χ4v) is 3.40. The number of fused-ring (bicyclic) bond motifs is 1. The summed E-state index contributed by atoms with van der Waals surface area (Å²) >= 11 is 0. The minimum absolute atomic E-state index is 0.233. The molecule has 0 radical (unpaired) electrons. The highest BCUT2D eigenvalue weighted by molar-refractivity contribution is 6.02. The maximum Gasteiger partial charge on any atom is 0.262 e. The number of nitrogens with one attached hydrogen (secondary N) is 2. The van der Waals surface area contributed by atoms with Crippen LogP contribution in [0.1, 0.15) is 15.9 Å². The van der Waals surface area contributed by atoms with Gasteiger partial charge in [-0.3, -0.25) is 9.59 Å². The molecule has 166 valence electrons. The van der Waals surface area contributed by atoms with Crippen molar-refractivity contribution >= 4 is 28.3 Å². The Morgan fingerprint density at radius 2 is 1.48 bits per heavy atom. The fourth-order valence-electron chi connectivity index (χ4n) is 3.40. The van der Waals surface area contributed by atoms with Gasteiger partial charge in [-0.2, -0.15) is 0 Å². The topological polar surface area (TPSA) is 76.7 Å². The first-order valence-corrected chi connectivity index (χ1v) is 10.5. The van der Waals surface area contributed by atoms with Gasteiger partial charge in [0.15, 0.2) is 6.61 Å². The molecule has 4 rings (SSSR count). The zero-order chi connectivity index (χ0) is 23.0. The van der Waals surface area contributed by atoms with Crippen LogP contribution in [0.5, 0.6) is 11.5 Å². The lowest BCUT2D eigenvalue weighted by Gasteiger charge is -2.14. The van der Waals surface area contributed by atoms with Crippen LogP contribution in [0.15, 0.2) is 91.0 Å². The van der Waals surface area contributed by atoms with Gasteiger partial charge in [-0.05, 0) is 52.7 Å². The number of benzene rings is 4. The van der Waals surface area contributed by atoms with Crippen LogP contribution in [0.25, 0.3) is 10.8 Å². The molecule has 2 N–H and O–H groups in total. The minimum Gasteiger partial charge on any atom is -0.497 e. The average molecular weight is 440 g/mol. The largest absolute Gasteiger partial charge is 0.497 e. The van der Waals surface area contributed by atoms with Crippen LogP contribution in [-0.4, -0.2) is 25.5 Å². The van der Waals surface area contributed by atoms with Crippen molar-refractivity contribution in [1.29, 1.82) is 0 Å². The summed E-state index contributed by atoms with van der Waals surface area (Å²) in [6, 6.07) is 27.9. The summed E-state index contributed by atoms with van der Waals surface area (Å²) in [5.74, 6) is 0.454. The molecule has 0 aliphatic rings. The Morgan fingerprint density at radius 3 is 2.18 bits per heavy atom. The van der Waals surface area contributed by atoms with Crippen molar-refractivity contribution < 1.29 is 19.1 Å². The van der Waals surface area contributed by atoms with Crippen molar-refractivity contribution in [2.45, 2.75) is 6.54 Å². The van der Waals surface area contributed by atoms with Gasteiger partial charge in [0, 0.05) is 12.2 Å². The highest BCUT2D eigenvalue weighted by atomic mass is 16.5. The number of hydrogen-bond donors (Lipinski definition) is 2. The number of carbonyl (C=O) groups is 2. The molecule has 0 heterocycles. The van der Waals surface area contributed by atoms with Gasteiger partial charge >= 0.3 is 0 Å². The standard InChI is InChI=1S/C27H24N2O4/c1-32-23-13-11-22(12-14-23)29-26(30)18-33-25-16-21-10-6-5-9-20(21)15-24(25)27(31)28-17-19-7-3-2-4-8-19/h2-16H,17-18H2,1H3,(H,28,31)(H,29,30). The van der Waals surface area contributed by atoms with E-state index < -0.39 is 0 Å². The quantitative estimate of drug-likeness (QED) is 0.413. The lowest BCUT2D eigenvalue weighted by Crippen LogP contribution is -2.25. The van der Waals surface area contributed by atoms with Crippen LogP contribution in [0.4, 0.5) is 5.69 Å². The molecule has 0 saturated heterocycles. The molecule has 0 aliphatic carbocycles. The summed E-state index contributed by atoms with van der Waals surface area (Å²) in [5.41, 5.74) is 2.00. The van der Waals surface area contributed by atoms with E-state index in [0.717, 1.165) is 16.3 Å². The molecule has 0 saturated carbocycles. The van der Waals surface area contributed by atoms with E-state index in [1.165, 1.54) is 0 Å². The van der Waals surface area contributed by atoms with E-state index in [-0.39, 0.29) is 18.4 Å². The number of anilines is 1. The predicted octanol–water partition coefficient (Wildman–Crippen LogP) is 4.80. The molecule has 0 spiro atoms. The number of methoxy groups -OCH3 is 1. The van der Waals surface area contributed by atoms with Crippen molar-refractivity contribution in [2.75, 3.05) is 19.0 Å². The molecule has 0 fully saturated rings. The van der Waals surface area contributed by atoms with E-state index in [0.29, 0.717) is 29.3 Å². The van der Waals surface area contributed by atoms with Crippen molar-refractivity contribution in [1.82, 2.24) is 5.32 Å². The van der Waals surface area contributed by atoms with E-state index in [4.69, 9.17) is 9.47 Å². The van der Waals surface area contributed by atoms with Crippen molar-refractivity contribution in [2.24, 2.45) is 0 Å². The Morgan fingerprint density at radius 1 is 0.818 bits per heavy atom. The molecule has 2 amide bonds. The SMILES string of the molecule is COc1ccc(NC(=O)COc2cc3ccccc3cc2C(=O)NCc2ccccc2)cc1. The molecule has 4 aromatic rings. The molecule has 4 aromatic carbocycles. The molecule has 0 unspecified atom stereocenters. The normalized spacial score (nSPS) is 10.5. The van der Waals surface area contributed by atoms with Crippen LogP contribution < -0.4 is 20.1 Å². The number of ether oxygens (including phenoxy) is 2. The first-order chi connectivity index (χ1) is 16.1. The van der Waals surface area contributed by atoms with Gasteiger partial charge in [0.25, 0.3) is 11.8 Å². The highest BCUT2D eigenvalue weighted by Crippen LogP contribution is 2.26. The first-order valence-electron chi connectivity index (χ1n) is 10.5. The van der Waals surface area contributed by atoms with Gasteiger partial charge in [-0.15, -0.1) is 0 Å². The predicted molar refractivity (Wildman–Crippen MR) is 129 cm³/mol. The van der Waals surface area contributed by atoms with Gasteiger partial charge in [0.1, 0.15) is 11.5 Å². The minimum atomic E-state index is -0.330.